The Kier molecular flexibility index (Phi) is 3.92. The zero-order valence-electron chi connectivity index (χ0n) is 11.9. The van der Waals surface area contributed by atoms with Gasteiger partial charge in [-0.05, 0) is 30.9 Å². The van der Waals surface area contributed by atoms with Crippen LogP contribution in [0.2, 0.25) is 0 Å². The third kappa shape index (κ3) is 2.80. The molecular weight excluding hydrogens is 252 g/mol. The summed E-state index contributed by atoms with van der Waals surface area (Å²) in [6.07, 6.45) is 7.39. The molecule has 1 saturated heterocycles. The molecule has 2 heterocycles. The molecule has 0 aromatic carbocycles. The minimum Gasteiger partial charge on any atom is -0.390 e. The normalized spacial score (nSPS) is 30.8. The van der Waals surface area contributed by atoms with Crippen LogP contribution in [0.3, 0.4) is 0 Å². The summed E-state index contributed by atoms with van der Waals surface area (Å²) in [6, 6.07) is 3.96. The lowest BCUT2D eigenvalue weighted by Gasteiger charge is -2.47. The zero-order chi connectivity index (χ0) is 14.0. The molecule has 110 valence electrons. The molecule has 5 nitrogen and oxygen atoms in total. The molecule has 20 heavy (non-hydrogen) atoms. The molecular formula is C15H24N4O. The van der Waals surface area contributed by atoms with Gasteiger partial charge in [-0.25, -0.2) is 10.8 Å². The number of nitrogens with zero attached hydrogens (tertiary/aromatic N) is 2. The molecule has 0 radical (unpaired) electrons. The first-order valence-corrected chi connectivity index (χ1v) is 7.56. The Morgan fingerprint density at radius 3 is 3.05 bits per heavy atom. The lowest BCUT2D eigenvalue weighted by molar-refractivity contribution is -0.0968. The molecule has 1 aromatic heterocycles. The Balaban J connectivity index is 1.61. The number of pyridine rings is 1. The highest BCUT2D eigenvalue weighted by Gasteiger charge is 2.42. The molecule has 0 spiro atoms. The van der Waals surface area contributed by atoms with E-state index in [4.69, 9.17) is 5.84 Å². The van der Waals surface area contributed by atoms with Crippen LogP contribution >= 0.6 is 0 Å². The van der Waals surface area contributed by atoms with Gasteiger partial charge in [-0.1, -0.05) is 18.9 Å². The summed E-state index contributed by atoms with van der Waals surface area (Å²) in [4.78, 5) is 6.69. The predicted molar refractivity (Wildman–Crippen MR) is 78.8 cm³/mol. The van der Waals surface area contributed by atoms with Gasteiger partial charge < -0.3 is 10.5 Å². The van der Waals surface area contributed by atoms with Crippen LogP contribution in [0.25, 0.3) is 0 Å². The van der Waals surface area contributed by atoms with Gasteiger partial charge in [0.25, 0.3) is 0 Å². The molecule has 2 unspecified atom stereocenters. The van der Waals surface area contributed by atoms with Crippen molar-refractivity contribution in [1.82, 2.24) is 9.88 Å². The molecule has 2 aliphatic rings. The number of likely N-dealkylation sites (tertiary alicyclic amines) is 1. The van der Waals surface area contributed by atoms with Gasteiger partial charge in [0.15, 0.2) is 0 Å². The van der Waals surface area contributed by atoms with Crippen molar-refractivity contribution in [1.29, 1.82) is 0 Å². The standard InChI is InChI=1S/C15H24N4O/c16-18-14-5-4-12(9-17-14)10-19-8-7-15(20)6-2-1-3-13(15)11-19/h4-5,9,13,20H,1-3,6-8,10-11,16H2,(H,17,18). The Bertz CT molecular complexity index is 450. The van der Waals surface area contributed by atoms with Gasteiger partial charge in [-0.2, -0.15) is 0 Å². The van der Waals surface area contributed by atoms with Crippen molar-refractivity contribution >= 4 is 5.82 Å². The summed E-state index contributed by atoms with van der Waals surface area (Å²) in [6.45, 7) is 2.89. The maximum Gasteiger partial charge on any atom is 0.139 e. The molecule has 1 saturated carbocycles. The van der Waals surface area contributed by atoms with Gasteiger partial charge >= 0.3 is 0 Å². The van der Waals surface area contributed by atoms with Crippen molar-refractivity contribution in [3.63, 3.8) is 0 Å². The summed E-state index contributed by atoms with van der Waals surface area (Å²) in [5, 5.41) is 10.7. The first kappa shape index (κ1) is 13.8. The number of aromatic nitrogens is 1. The quantitative estimate of drug-likeness (QED) is 0.576. The fraction of sp³-hybridized carbons (Fsp3) is 0.667. The second-order valence-electron chi connectivity index (χ2n) is 6.23. The molecule has 1 aliphatic heterocycles. The summed E-state index contributed by atoms with van der Waals surface area (Å²) in [5.41, 5.74) is 3.35. The summed E-state index contributed by atoms with van der Waals surface area (Å²) < 4.78 is 0. The van der Waals surface area contributed by atoms with E-state index in [-0.39, 0.29) is 5.60 Å². The first-order valence-electron chi connectivity index (χ1n) is 7.56. The van der Waals surface area contributed by atoms with Crippen LogP contribution in [0.15, 0.2) is 18.3 Å². The van der Waals surface area contributed by atoms with E-state index in [0.29, 0.717) is 11.7 Å². The van der Waals surface area contributed by atoms with Crippen LogP contribution in [0, 0.1) is 5.92 Å². The second-order valence-corrected chi connectivity index (χ2v) is 6.23. The highest BCUT2D eigenvalue weighted by Crippen LogP contribution is 2.39. The first-order chi connectivity index (χ1) is 9.69. The van der Waals surface area contributed by atoms with Crippen molar-refractivity contribution < 1.29 is 5.11 Å². The van der Waals surface area contributed by atoms with Crippen molar-refractivity contribution in [2.24, 2.45) is 11.8 Å². The monoisotopic (exact) mass is 276 g/mol. The number of nitrogens with two attached hydrogens (primary N) is 1. The van der Waals surface area contributed by atoms with Crippen LogP contribution in [0.5, 0.6) is 0 Å². The van der Waals surface area contributed by atoms with Crippen LogP contribution in [0.4, 0.5) is 5.82 Å². The highest BCUT2D eigenvalue weighted by atomic mass is 16.3. The van der Waals surface area contributed by atoms with E-state index in [1.54, 1.807) is 0 Å². The summed E-state index contributed by atoms with van der Waals surface area (Å²) >= 11 is 0. The number of hydrogen-bond acceptors (Lipinski definition) is 5. The number of piperidine rings is 1. The molecule has 2 atom stereocenters. The third-order valence-electron chi connectivity index (χ3n) is 4.89. The maximum atomic E-state index is 10.7. The van der Waals surface area contributed by atoms with Crippen molar-refractivity contribution in [3.8, 4) is 0 Å². The van der Waals surface area contributed by atoms with Crippen LogP contribution < -0.4 is 11.3 Å². The van der Waals surface area contributed by atoms with E-state index in [1.165, 1.54) is 24.8 Å². The number of anilines is 1. The number of nitrogen functional groups attached to an aromatic ring is 1. The zero-order valence-corrected chi connectivity index (χ0v) is 11.9. The topological polar surface area (TPSA) is 74.4 Å². The predicted octanol–water partition coefficient (Wildman–Crippen LogP) is 1.49. The molecule has 4 N–H and O–H groups in total. The number of hydrogen-bond donors (Lipinski definition) is 3. The van der Waals surface area contributed by atoms with Gasteiger partial charge in [-0.15, -0.1) is 0 Å². The van der Waals surface area contributed by atoms with E-state index in [0.717, 1.165) is 32.5 Å². The molecule has 0 bridgehead atoms. The molecule has 3 rings (SSSR count). The Morgan fingerprint density at radius 2 is 2.30 bits per heavy atom. The largest absolute Gasteiger partial charge is 0.390 e. The van der Waals surface area contributed by atoms with Gasteiger partial charge in [0.1, 0.15) is 5.82 Å². The van der Waals surface area contributed by atoms with Crippen molar-refractivity contribution in [3.05, 3.63) is 23.9 Å². The third-order valence-corrected chi connectivity index (χ3v) is 4.89. The second kappa shape index (κ2) is 5.68. The van der Waals surface area contributed by atoms with Crippen LogP contribution in [0.1, 0.15) is 37.7 Å². The van der Waals surface area contributed by atoms with Crippen LogP contribution in [-0.4, -0.2) is 33.7 Å². The van der Waals surface area contributed by atoms with E-state index in [1.807, 2.05) is 12.3 Å². The average Bonchev–Trinajstić information content (AvgIpc) is 2.48. The number of aliphatic hydroxyl groups is 1. The average molecular weight is 276 g/mol. The molecule has 2 fully saturated rings. The molecule has 5 heteroatoms. The Morgan fingerprint density at radius 1 is 1.40 bits per heavy atom. The van der Waals surface area contributed by atoms with Gasteiger partial charge in [-0.3, -0.25) is 4.90 Å². The van der Waals surface area contributed by atoms with Crippen molar-refractivity contribution in [2.75, 3.05) is 18.5 Å². The fourth-order valence-corrected chi connectivity index (χ4v) is 3.64. The van der Waals surface area contributed by atoms with E-state index < -0.39 is 0 Å². The lowest BCUT2D eigenvalue weighted by Crippen LogP contribution is -2.52. The maximum absolute atomic E-state index is 10.7. The minimum absolute atomic E-state index is 0.389. The van der Waals surface area contributed by atoms with E-state index >= 15 is 0 Å². The number of fused-ring (bicyclic) bond motifs is 1. The summed E-state index contributed by atoms with van der Waals surface area (Å²) in [7, 11) is 0. The minimum atomic E-state index is -0.389. The van der Waals surface area contributed by atoms with Crippen LogP contribution in [-0.2, 0) is 6.54 Å². The molecule has 0 amide bonds. The summed E-state index contributed by atoms with van der Waals surface area (Å²) in [5.74, 6) is 6.46. The Hall–Kier alpha value is -1.17. The Labute approximate surface area is 120 Å². The van der Waals surface area contributed by atoms with Gasteiger partial charge in [0.05, 0.1) is 5.60 Å². The number of nitrogens with one attached hydrogen (secondary N) is 1. The number of hydrazine groups is 1. The molecule has 1 aliphatic carbocycles. The number of rotatable bonds is 3. The smallest absolute Gasteiger partial charge is 0.139 e. The molecule has 1 aromatic rings. The fourth-order valence-electron chi connectivity index (χ4n) is 3.64. The van der Waals surface area contributed by atoms with Gasteiger partial charge in [0, 0.05) is 31.7 Å². The van der Waals surface area contributed by atoms with Gasteiger partial charge in [0.2, 0.25) is 0 Å². The van der Waals surface area contributed by atoms with E-state index in [2.05, 4.69) is 21.4 Å². The lowest BCUT2D eigenvalue weighted by atomic mass is 9.71. The SMILES string of the molecule is NNc1ccc(CN2CCC3(O)CCCCC3C2)cn1. The van der Waals surface area contributed by atoms with Crippen molar-refractivity contribution in [2.45, 2.75) is 44.2 Å². The van der Waals surface area contributed by atoms with E-state index in [9.17, 15) is 5.11 Å². The highest BCUT2D eigenvalue weighted by molar-refractivity contribution is 5.33.